The van der Waals surface area contributed by atoms with E-state index in [-0.39, 0.29) is 51.4 Å². The summed E-state index contributed by atoms with van der Waals surface area (Å²) in [6.45, 7) is 18.6. The van der Waals surface area contributed by atoms with Crippen LogP contribution < -0.4 is 5.32 Å². The number of cyclic esters (lactones) is 1. The van der Waals surface area contributed by atoms with E-state index in [9.17, 15) is 65.8 Å². The zero-order valence-electron chi connectivity index (χ0n) is 49.6. The molecule has 0 aromatic heterocycles. The van der Waals surface area contributed by atoms with Crippen molar-refractivity contribution in [2.45, 2.75) is 268 Å². The lowest BCUT2D eigenvalue weighted by Gasteiger charge is -2.63. The lowest BCUT2D eigenvalue weighted by Crippen LogP contribution is -2.68. The zero-order valence-corrected chi connectivity index (χ0v) is 49.6. The first-order valence-electron chi connectivity index (χ1n) is 30.5. The van der Waals surface area contributed by atoms with Crippen LogP contribution in [-0.2, 0) is 52.2 Å². The van der Waals surface area contributed by atoms with Crippen LogP contribution in [0.25, 0.3) is 0 Å². The van der Waals surface area contributed by atoms with Crippen molar-refractivity contribution >= 4 is 11.9 Å². The number of carbonyl (C=O) groups excluding carboxylic acids is 2. The molecule has 5 aliphatic heterocycles. The fourth-order valence-electron chi connectivity index (χ4n) is 18.0. The number of hydrogen-bond acceptors (Lipinski definition) is 22. The van der Waals surface area contributed by atoms with Gasteiger partial charge in [0.15, 0.2) is 25.2 Å². The van der Waals surface area contributed by atoms with E-state index in [0.29, 0.717) is 23.8 Å². The van der Waals surface area contributed by atoms with Crippen molar-refractivity contribution in [1.82, 2.24) is 5.32 Å². The van der Waals surface area contributed by atoms with E-state index in [4.69, 9.17) is 42.6 Å². The van der Waals surface area contributed by atoms with Gasteiger partial charge >= 0.3 is 5.97 Å². The molecule has 0 unspecified atom stereocenters. The number of amides is 1. The molecule has 0 bridgehead atoms. The van der Waals surface area contributed by atoms with Crippen LogP contribution in [0.3, 0.4) is 0 Å². The van der Waals surface area contributed by atoms with E-state index in [1.54, 1.807) is 6.92 Å². The molecule has 10 rings (SSSR count). The Morgan fingerprint density at radius 1 is 0.602 bits per heavy atom. The third kappa shape index (κ3) is 10.5. The van der Waals surface area contributed by atoms with E-state index >= 15 is 0 Å². The number of hydrogen-bond donors (Lipinski definition) is 12. The molecule has 83 heavy (non-hydrogen) atoms. The molecule has 5 saturated heterocycles. The summed E-state index contributed by atoms with van der Waals surface area (Å²) < 4.78 is 55.2. The van der Waals surface area contributed by atoms with Crippen molar-refractivity contribution in [1.29, 1.82) is 0 Å². The van der Waals surface area contributed by atoms with Crippen LogP contribution in [-0.4, -0.2) is 222 Å². The molecule has 10 fully saturated rings. The van der Waals surface area contributed by atoms with Crippen molar-refractivity contribution in [2.24, 2.45) is 56.7 Å². The van der Waals surface area contributed by atoms with E-state index in [1.165, 1.54) is 13.8 Å². The van der Waals surface area contributed by atoms with Gasteiger partial charge in [0.25, 0.3) is 0 Å². The van der Waals surface area contributed by atoms with Gasteiger partial charge in [0, 0.05) is 11.5 Å². The maximum atomic E-state index is 13.1. The van der Waals surface area contributed by atoms with Crippen LogP contribution >= 0.6 is 0 Å². The minimum Gasteiger partial charge on any atom is -0.461 e. The highest BCUT2D eigenvalue weighted by atomic mass is 16.8. The molecule has 23 heteroatoms. The number of allylic oxidation sites excluding steroid dienone is 3. The fourth-order valence-corrected chi connectivity index (χ4v) is 18.0. The predicted octanol–water partition coefficient (Wildman–Crippen LogP) is 0.343. The number of aliphatic hydroxyl groups excluding tert-OH is 11. The van der Waals surface area contributed by atoms with Gasteiger partial charge < -0.3 is 104 Å². The van der Waals surface area contributed by atoms with Crippen molar-refractivity contribution in [3.8, 4) is 0 Å². The Labute approximate surface area is 485 Å². The zero-order chi connectivity index (χ0) is 60.4. The molecule has 23 nitrogen and oxygen atoms in total. The van der Waals surface area contributed by atoms with Gasteiger partial charge in [-0.1, -0.05) is 59.8 Å². The Balaban J connectivity index is 0.874. The van der Waals surface area contributed by atoms with Crippen LogP contribution in [0.1, 0.15) is 127 Å². The molecule has 5 aliphatic carbocycles. The molecule has 472 valence electrons. The van der Waals surface area contributed by atoms with E-state index < -0.39 is 160 Å². The number of ether oxygens (including phenoxy) is 9. The minimum absolute atomic E-state index is 0.0519. The third-order valence-electron chi connectivity index (χ3n) is 23.4. The van der Waals surface area contributed by atoms with Crippen LogP contribution in [0.5, 0.6) is 0 Å². The molecule has 2 spiro atoms. The summed E-state index contributed by atoms with van der Waals surface area (Å²) in [5.41, 5.74) is 0.381. The highest BCUT2D eigenvalue weighted by Crippen LogP contribution is 2.89. The highest BCUT2D eigenvalue weighted by molar-refractivity contribution is 5.96. The van der Waals surface area contributed by atoms with Crippen molar-refractivity contribution < 1.29 is 108 Å². The Hall–Kier alpha value is -2.34. The summed E-state index contributed by atoms with van der Waals surface area (Å²) in [6.07, 6.45) is -18.2. The number of nitrogens with one attached hydrogen (secondary N) is 1. The highest BCUT2D eigenvalue weighted by Gasteiger charge is 2.82. The Kier molecular flexibility index (Phi) is 18.1. The molecule has 0 aromatic rings. The molecule has 5 saturated carbocycles. The standard InChI is InChI=1S/C60H95NO22/c1-25(12-11-13-26(2)50(73)61-37-27(3)28(4)75-51(37)74)31-16-18-58(10)35-15-14-34-56(7,8)36(17-19-59(34)24-60(35,59)21-20-57(31,58)9)80-54-49(46(72)47(33(23-63)79-54)81-52-44(70)41(67)38(64)29(5)76-52)83-55-48(43(69)40(66)32(22-62)78-55)82-53-45(71)42(68)39(65)30(6)77-53/h11-13,25,27-49,52-55,62-72H,14-24H2,1-10H3,(H,61,73)/b12-11+,26-13+/t25-,27+,28-,29+,30+,31-,32-,33-,34+,35+,36+,37+,38+,39+,40-,41-,42-,43+,44-,45-,46+,47-,48-,49-,52+,53+,54+,55+,57-,58+,59-,60+/m1/s1. The molecule has 5 heterocycles. The Bertz CT molecular complexity index is 2400. The van der Waals surface area contributed by atoms with E-state index in [0.717, 1.165) is 51.4 Å². The second-order valence-corrected chi connectivity index (χ2v) is 27.8. The number of fused-ring (bicyclic) bond motifs is 2. The molecule has 0 aromatic carbocycles. The van der Waals surface area contributed by atoms with Gasteiger partial charge in [-0.05, 0) is 136 Å². The smallest absolute Gasteiger partial charge is 0.329 e. The summed E-state index contributed by atoms with van der Waals surface area (Å²) in [6, 6.07) is -0.670. The quantitative estimate of drug-likeness (QED) is 0.0455. The lowest BCUT2D eigenvalue weighted by atomic mass is 9.42. The van der Waals surface area contributed by atoms with Gasteiger partial charge in [0.2, 0.25) is 5.91 Å². The number of esters is 1. The summed E-state index contributed by atoms with van der Waals surface area (Å²) in [7, 11) is 0. The van der Waals surface area contributed by atoms with Gasteiger partial charge in [0.05, 0.1) is 31.5 Å². The van der Waals surface area contributed by atoms with Crippen LogP contribution in [0.15, 0.2) is 23.8 Å². The largest absolute Gasteiger partial charge is 0.461 e. The van der Waals surface area contributed by atoms with Gasteiger partial charge in [-0.2, -0.15) is 0 Å². The van der Waals surface area contributed by atoms with E-state index in [1.807, 2.05) is 26.0 Å². The van der Waals surface area contributed by atoms with Crippen molar-refractivity contribution in [3.63, 3.8) is 0 Å². The first kappa shape index (κ1) is 63.7. The van der Waals surface area contributed by atoms with E-state index in [2.05, 4.69) is 46.0 Å². The van der Waals surface area contributed by atoms with Crippen LogP contribution in [0.2, 0.25) is 0 Å². The van der Waals surface area contributed by atoms with Crippen LogP contribution in [0.4, 0.5) is 0 Å². The lowest BCUT2D eigenvalue weighted by molar-refractivity contribution is -0.406. The third-order valence-corrected chi connectivity index (χ3v) is 23.4. The monoisotopic (exact) mass is 1180 g/mol. The molecular weight excluding hydrogens is 1090 g/mol. The molecule has 1 amide bonds. The molecule has 10 aliphatic rings. The maximum absolute atomic E-state index is 13.1. The van der Waals surface area contributed by atoms with Gasteiger partial charge in [-0.15, -0.1) is 0 Å². The fraction of sp³-hybridized carbons (Fsp3) is 0.900. The summed E-state index contributed by atoms with van der Waals surface area (Å²) in [5.74, 6) is 0.604. The maximum Gasteiger partial charge on any atom is 0.329 e. The minimum atomic E-state index is -1.91. The average Bonchev–Trinajstić information content (AvgIpc) is 1.48. The Morgan fingerprint density at radius 2 is 1.16 bits per heavy atom. The summed E-state index contributed by atoms with van der Waals surface area (Å²) in [4.78, 5) is 25.5. The number of rotatable bonds is 15. The van der Waals surface area contributed by atoms with Crippen molar-refractivity contribution in [2.75, 3.05) is 13.2 Å². The first-order valence-corrected chi connectivity index (χ1v) is 30.5. The molecule has 0 radical (unpaired) electrons. The average molecular weight is 1180 g/mol. The topological polar surface area (TPSA) is 352 Å². The molecular formula is C60H95NO22. The molecule has 32 atom stereocenters. The summed E-state index contributed by atoms with van der Waals surface area (Å²) in [5, 5.41) is 124. The number of aliphatic hydroxyl groups is 11. The van der Waals surface area contributed by atoms with Crippen LogP contribution in [0, 0.1) is 56.7 Å². The number of carbonyl (C=O) groups is 2. The van der Waals surface area contributed by atoms with Gasteiger partial charge in [0.1, 0.15) is 97.6 Å². The molecule has 12 N–H and O–H groups in total. The van der Waals surface area contributed by atoms with Crippen molar-refractivity contribution in [3.05, 3.63) is 23.8 Å². The summed E-state index contributed by atoms with van der Waals surface area (Å²) >= 11 is 0. The SMILES string of the molecule is C/C(=C\C=C\[C@@H](C)[C@H]1CC[C@@]2(C)[C@@H]3CC[C@H]4C(C)(C)[C@@H](O[C@@H]5O[C@H](CO)[C@@H](O[C@@H]6O[C@@H](C)[C@H](O)[C@@H](O)[C@H]6O)[C@H](O)[C@H]5O[C@@H]5O[C@H](CO)[C@@H](O)[C@H](O)[C@H]5O[C@@H]5O[C@@H](C)[C@H](O)[C@@H](O)[C@H]5O)CC[C@@]45C[C@@]35CC[C@]12C)C(=O)N[C@@H]1C(=O)O[C@H](C)[C@@H]1C. The predicted molar refractivity (Wildman–Crippen MR) is 289 cm³/mol. The second-order valence-electron chi connectivity index (χ2n) is 27.8. The van der Waals surface area contributed by atoms with Gasteiger partial charge in [-0.3, -0.25) is 4.79 Å². The first-order chi connectivity index (χ1) is 39.0. The normalized spacial score (nSPS) is 53.6. The van der Waals surface area contributed by atoms with Gasteiger partial charge in [-0.25, -0.2) is 4.79 Å². The Morgan fingerprint density at radius 3 is 1.76 bits per heavy atom. The second kappa shape index (κ2) is 23.6.